The van der Waals surface area contributed by atoms with Crippen molar-refractivity contribution in [1.29, 1.82) is 0 Å². The molecule has 0 spiro atoms. The van der Waals surface area contributed by atoms with E-state index in [9.17, 15) is 9.59 Å². The summed E-state index contributed by atoms with van der Waals surface area (Å²) in [6.45, 7) is 2.69. The first-order valence-electron chi connectivity index (χ1n) is 12.3. The Morgan fingerprint density at radius 2 is 1.92 bits per heavy atom. The van der Waals surface area contributed by atoms with E-state index < -0.39 is 12.2 Å². The van der Waals surface area contributed by atoms with E-state index in [-0.39, 0.29) is 25.1 Å². The van der Waals surface area contributed by atoms with Gasteiger partial charge >= 0.3 is 6.09 Å². The highest BCUT2D eigenvalue weighted by Crippen LogP contribution is 2.28. The van der Waals surface area contributed by atoms with Crippen LogP contribution in [0, 0.1) is 5.92 Å². The second kappa shape index (κ2) is 14.8. The Bertz CT molecular complexity index is 983. The van der Waals surface area contributed by atoms with E-state index in [0.717, 1.165) is 43.6 Å². The van der Waals surface area contributed by atoms with Gasteiger partial charge in [0.05, 0.1) is 13.7 Å². The summed E-state index contributed by atoms with van der Waals surface area (Å²) in [6, 6.07) is 14.9. The van der Waals surface area contributed by atoms with Crippen molar-refractivity contribution in [3.8, 4) is 0 Å². The molecule has 1 fully saturated rings. The van der Waals surface area contributed by atoms with Crippen LogP contribution in [0.25, 0.3) is 0 Å². The summed E-state index contributed by atoms with van der Waals surface area (Å²) < 4.78 is 16.3. The molecule has 3 atom stereocenters. The molecule has 3 rings (SSSR count). The molecule has 2 amide bonds. The number of hydrogen-bond donors (Lipinski definition) is 3. The van der Waals surface area contributed by atoms with Gasteiger partial charge in [-0.2, -0.15) is 0 Å². The summed E-state index contributed by atoms with van der Waals surface area (Å²) in [5, 5.41) is 9.56. The first-order valence-corrected chi connectivity index (χ1v) is 12.7. The summed E-state index contributed by atoms with van der Waals surface area (Å²) in [5.74, 6) is 0.370. The number of amides is 2. The molecule has 8 nitrogen and oxygen atoms in total. The Kier molecular flexibility index (Phi) is 11.5. The van der Waals surface area contributed by atoms with Gasteiger partial charge in [-0.1, -0.05) is 35.9 Å². The van der Waals surface area contributed by atoms with E-state index in [2.05, 4.69) is 20.7 Å². The van der Waals surface area contributed by atoms with Crippen LogP contribution in [0.5, 0.6) is 0 Å². The van der Waals surface area contributed by atoms with E-state index in [1.165, 1.54) is 7.11 Å². The highest BCUT2D eigenvalue weighted by atomic mass is 35.5. The molecule has 0 bridgehead atoms. The maximum Gasteiger partial charge on any atom is 0.406 e. The lowest BCUT2D eigenvalue weighted by atomic mass is 9.94. The van der Waals surface area contributed by atoms with Crippen molar-refractivity contribution in [2.45, 2.75) is 31.4 Å². The number of ether oxygens (including phenoxy) is 3. The minimum Gasteiger partial charge on any atom is -0.453 e. The molecule has 0 aliphatic carbocycles. The zero-order chi connectivity index (χ0) is 25.8. The number of likely N-dealkylation sites (N-methyl/N-ethyl adjacent to an activating group) is 1. The maximum atomic E-state index is 13.0. The number of alkyl carbamates (subject to hydrolysis) is 1. The molecule has 1 aliphatic heterocycles. The topological polar surface area (TPSA) is 97.9 Å². The van der Waals surface area contributed by atoms with Crippen LogP contribution in [0.2, 0.25) is 5.02 Å². The Morgan fingerprint density at radius 1 is 1.14 bits per heavy atom. The number of hydrogen-bond acceptors (Lipinski definition) is 6. The van der Waals surface area contributed by atoms with Gasteiger partial charge < -0.3 is 30.2 Å². The van der Waals surface area contributed by atoms with Crippen molar-refractivity contribution in [2.24, 2.45) is 5.92 Å². The number of nitrogens with one attached hydrogen (secondary N) is 3. The normalized spacial score (nSPS) is 17.1. The Hall–Kier alpha value is -2.65. The number of carbonyl (C=O) groups excluding carboxylic acids is 2. The van der Waals surface area contributed by atoms with Gasteiger partial charge in [0.1, 0.15) is 6.10 Å². The van der Waals surface area contributed by atoms with Crippen LogP contribution in [0.1, 0.15) is 46.9 Å². The van der Waals surface area contributed by atoms with Gasteiger partial charge in [-0.3, -0.25) is 4.79 Å². The molecule has 0 aromatic heterocycles. The summed E-state index contributed by atoms with van der Waals surface area (Å²) >= 11 is 6.23. The number of rotatable bonds is 12. The van der Waals surface area contributed by atoms with E-state index in [4.69, 9.17) is 21.1 Å². The largest absolute Gasteiger partial charge is 0.453 e. The highest BCUT2D eigenvalue weighted by Gasteiger charge is 2.20. The molecule has 1 saturated heterocycles. The molecular weight excluding hydrogens is 482 g/mol. The molecule has 36 heavy (non-hydrogen) atoms. The Balaban J connectivity index is 1.66. The third kappa shape index (κ3) is 8.78. The third-order valence-electron chi connectivity index (χ3n) is 6.23. The second-order valence-electron chi connectivity index (χ2n) is 8.86. The average Bonchev–Trinajstić information content (AvgIpc) is 2.91. The minimum absolute atomic E-state index is 0.144. The standard InChI is InChI=1S/C27H36ClN3O5/c1-29-24(14-19-6-5-12-35-18-19)17-31-26(32)22-9-3-7-20(15-22)25(21-8-4-10-23(28)16-21)36-13-11-30-27(33)34-2/h3-4,7-10,15-16,19,24-25,29H,5-6,11-14,17-18H2,1-2H3,(H,30,33)(H,31,32)/t19-,24-,25?/m1/s1. The quantitative estimate of drug-likeness (QED) is 0.369. The molecule has 1 aliphatic rings. The lowest BCUT2D eigenvalue weighted by Crippen LogP contribution is -2.41. The summed E-state index contributed by atoms with van der Waals surface area (Å²) in [5.41, 5.74) is 2.21. The summed E-state index contributed by atoms with van der Waals surface area (Å²) in [6.07, 6.45) is 2.23. The highest BCUT2D eigenvalue weighted by molar-refractivity contribution is 6.30. The summed E-state index contributed by atoms with van der Waals surface area (Å²) in [4.78, 5) is 24.3. The van der Waals surface area contributed by atoms with Crippen LogP contribution >= 0.6 is 11.6 Å². The van der Waals surface area contributed by atoms with Gasteiger partial charge in [-0.25, -0.2) is 4.79 Å². The van der Waals surface area contributed by atoms with Crippen LogP contribution in [-0.2, 0) is 14.2 Å². The van der Waals surface area contributed by atoms with Crippen LogP contribution in [-0.4, -0.2) is 65.1 Å². The molecule has 2 aromatic rings. The van der Waals surface area contributed by atoms with Gasteiger partial charge in [0.2, 0.25) is 0 Å². The Labute approximate surface area is 218 Å². The van der Waals surface area contributed by atoms with Crippen LogP contribution < -0.4 is 16.0 Å². The van der Waals surface area contributed by atoms with Crippen molar-refractivity contribution in [3.05, 3.63) is 70.2 Å². The summed E-state index contributed by atoms with van der Waals surface area (Å²) in [7, 11) is 3.23. The molecule has 9 heteroatoms. The average molecular weight is 518 g/mol. The lowest BCUT2D eigenvalue weighted by molar-refractivity contribution is 0.0478. The molecule has 0 radical (unpaired) electrons. The molecule has 1 unspecified atom stereocenters. The molecule has 0 saturated carbocycles. The first kappa shape index (κ1) is 27.9. The predicted octanol–water partition coefficient (Wildman–Crippen LogP) is 3.94. The van der Waals surface area contributed by atoms with Crippen molar-refractivity contribution in [2.75, 3.05) is 47.1 Å². The minimum atomic E-state index is -0.521. The molecule has 3 N–H and O–H groups in total. The fourth-order valence-corrected chi connectivity index (χ4v) is 4.52. The maximum absolute atomic E-state index is 13.0. The van der Waals surface area contributed by atoms with E-state index >= 15 is 0 Å². The zero-order valence-electron chi connectivity index (χ0n) is 20.9. The fraction of sp³-hybridized carbons (Fsp3) is 0.481. The van der Waals surface area contributed by atoms with Crippen molar-refractivity contribution in [1.82, 2.24) is 16.0 Å². The third-order valence-corrected chi connectivity index (χ3v) is 6.47. The number of carbonyl (C=O) groups is 2. The van der Waals surface area contributed by atoms with Gasteiger partial charge in [-0.15, -0.1) is 0 Å². The fourth-order valence-electron chi connectivity index (χ4n) is 4.32. The van der Waals surface area contributed by atoms with E-state index in [0.29, 0.717) is 23.0 Å². The Morgan fingerprint density at radius 3 is 2.61 bits per heavy atom. The van der Waals surface area contributed by atoms with Crippen molar-refractivity contribution in [3.63, 3.8) is 0 Å². The number of methoxy groups -OCH3 is 1. The molecule has 1 heterocycles. The monoisotopic (exact) mass is 517 g/mol. The molecule has 2 aromatic carbocycles. The second-order valence-corrected chi connectivity index (χ2v) is 9.30. The van der Waals surface area contributed by atoms with Crippen LogP contribution in [0.15, 0.2) is 48.5 Å². The number of benzene rings is 2. The molecule has 196 valence electrons. The van der Waals surface area contributed by atoms with Crippen LogP contribution in [0.3, 0.4) is 0 Å². The zero-order valence-corrected chi connectivity index (χ0v) is 21.7. The first-order chi connectivity index (χ1) is 17.5. The van der Waals surface area contributed by atoms with Crippen molar-refractivity contribution < 1.29 is 23.8 Å². The van der Waals surface area contributed by atoms with Gasteiger partial charge in [0.15, 0.2) is 0 Å². The SMILES string of the molecule is CN[C@@H](CNC(=O)c1cccc(C(OCCNC(=O)OC)c2cccc(Cl)c2)c1)C[C@H]1CCCOC1. The van der Waals surface area contributed by atoms with Gasteiger partial charge in [-0.05, 0) is 67.6 Å². The van der Waals surface area contributed by atoms with E-state index in [1.807, 2.05) is 43.4 Å². The van der Waals surface area contributed by atoms with Crippen LogP contribution in [0.4, 0.5) is 4.79 Å². The van der Waals surface area contributed by atoms with Gasteiger partial charge in [0, 0.05) is 42.9 Å². The van der Waals surface area contributed by atoms with Crippen molar-refractivity contribution >= 4 is 23.6 Å². The van der Waals surface area contributed by atoms with Gasteiger partial charge in [0.25, 0.3) is 5.91 Å². The lowest BCUT2D eigenvalue weighted by Gasteiger charge is -2.26. The smallest absolute Gasteiger partial charge is 0.406 e. The number of halogens is 1. The predicted molar refractivity (Wildman–Crippen MR) is 139 cm³/mol. The van der Waals surface area contributed by atoms with E-state index in [1.54, 1.807) is 12.1 Å². The molecular formula is C27H36ClN3O5.